The molecule has 0 aromatic carbocycles. The molecule has 0 fully saturated rings. The van der Waals surface area contributed by atoms with Crippen LogP contribution in [0.15, 0.2) is 0 Å². The van der Waals surface area contributed by atoms with Gasteiger partial charge in [0.05, 0.1) is 40.3 Å². The van der Waals surface area contributed by atoms with Crippen LogP contribution in [0.4, 0.5) is 0 Å². The second-order valence-electron chi connectivity index (χ2n) is 27.3. The summed E-state index contributed by atoms with van der Waals surface area (Å²) in [5.74, 6) is -2.24. The van der Waals surface area contributed by atoms with Crippen LogP contribution in [0.25, 0.3) is 0 Å². The third-order valence-electron chi connectivity index (χ3n) is 17.6. The van der Waals surface area contributed by atoms with Crippen LogP contribution in [-0.2, 0) is 33.3 Å². The minimum atomic E-state index is -1.62. The Bertz CT molecular complexity index is 1340. The number of unbranched alkanes of at least 4 members (excludes halogenated alkanes) is 57. The molecule has 0 aliphatic carbocycles. The zero-order valence-corrected chi connectivity index (χ0v) is 57.3. The molecule has 2 unspecified atom stereocenters. The van der Waals surface area contributed by atoms with Crippen molar-refractivity contribution in [3.8, 4) is 0 Å². The van der Waals surface area contributed by atoms with Crippen LogP contribution in [0.2, 0.25) is 0 Å². The summed E-state index contributed by atoms with van der Waals surface area (Å²) in [4.78, 5) is 37.5. The van der Waals surface area contributed by atoms with Gasteiger partial charge in [0.25, 0.3) is 0 Å². The summed E-state index contributed by atoms with van der Waals surface area (Å²) >= 11 is 0. The molecule has 9 heteroatoms. The molecule has 0 N–H and O–H groups in total. The van der Waals surface area contributed by atoms with Crippen molar-refractivity contribution in [3.05, 3.63) is 0 Å². The molecule has 0 radical (unpaired) electrons. The van der Waals surface area contributed by atoms with Gasteiger partial charge in [0.2, 0.25) is 0 Å². The summed E-state index contributed by atoms with van der Waals surface area (Å²) in [6, 6.07) is 0. The summed E-state index contributed by atoms with van der Waals surface area (Å²) in [6.45, 7) is 4.85. The van der Waals surface area contributed by atoms with Crippen LogP contribution in [0.1, 0.15) is 406 Å². The maximum absolute atomic E-state index is 12.9. The van der Waals surface area contributed by atoms with Crippen molar-refractivity contribution in [2.45, 2.75) is 418 Å². The molecule has 0 rings (SSSR count). The van der Waals surface area contributed by atoms with Gasteiger partial charge >= 0.3 is 11.9 Å². The van der Waals surface area contributed by atoms with Crippen LogP contribution in [0.5, 0.6) is 0 Å². The highest BCUT2D eigenvalue weighted by atomic mass is 16.7. The number of quaternary nitrogens is 1. The van der Waals surface area contributed by atoms with Crippen molar-refractivity contribution in [2.75, 3.05) is 47.5 Å². The number of esters is 2. The molecular formula is C75H147NO8. The molecular weight excluding hydrogens is 1040 g/mol. The van der Waals surface area contributed by atoms with E-state index in [1.54, 1.807) is 0 Å². The van der Waals surface area contributed by atoms with Gasteiger partial charge in [-0.05, 0) is 12.8 Å². The van der Waals surface area contributed by atoms with Gasteiger partial charge in [-0.2, -0.15) is 0 Å². The second-order valence-corrected chi connectivity index (χ2v) is 27.3. The average Bonchev–Trinajstić information content (AvgIpc) is 3.55. The van der Waals surface area contributed by atoms with Gasteiger partial charge in [-0.1, -0.05) is 380 Å². The first kappa shape index (κ1) is 82.3. The first-order valence-electron chi connectivity index (χ1n) is 37.7. The Labute approximate surface area is 523 Å². The van der Waals surface area contributed by atoms with Gasteiger partial charge in [-0.25, -0.2) is 0 Å². The number of carboxylic acids is 1. The quantitative estimate of drug-likeness (QED) is 0.0256. The van der Waals surface area contributed by atoms with E-state index in [1.807, 2.05) is 21.1 Å². The number of ether oxygens (including phenoxy) is 4. The van der Waals surface area contributed by atoms with Gasteiger partial charge < -0.3 is 33.3 Å². The monoisotopic (exact) mass is 1190 g/mol. The standard InChI is InChI=1S/C75H147NO8/c1-6-8-10-12-14-16-18-20-22-24-26-28-30-32-33-34-35-36-37-38-39-40-42-44-46-48-50-52-54-56-58-60-62-64-66-73(78)84-71(70-83-75(74(79)80)81-68-67-76(3,4)5)69-82-72(77)65-63-61-59-57-55-53-51-49-47-45-43-41-31-29-27-25-23-21-19-17-15-13-11-9-7-2/h71,75H,6-70H2,1-5H3. The lowest BCUT2D eigenvalue weighted by Gasteiger charge is -2.26. The molecule has 0 aliphatic rings. The number of likely N-dealkylation sites (N-methyl/N-ethyl adjacent to an activating group) is 1. The van der Waals surface area contributed by atoms with Crippen molar-refractivity contribution in [1.82, 2.24) is 0 Å². The highest BCUT2D eigenvalue weighted by Crippen LogP contribution is 2.20. The summed E-state index contributed by atoms with van der Waals surface area (Å²) < 4.78 is 22.9. The molecule has 0 amide bonds. The molecule has 9 nitrogen and oxygen atoms in total. The molecule has 84 heavy (non-hydrogen) atoms. The van der Waals surface area contributed by atoms with E-state index in [4.69, 9.17) is 18.9 Å². The number of carbonyl (C=O) groups excluding carboxylic acids is 3. The maximum Gasteiger partial charge on any atom is 0.306 e. The van der Waals surface area contributed by atoms with E-state index in [9.17, 15) is 19.5 Å². The van der Waals surface area contributed by atoms with Crippen molar-refractivity contribution in [1.29, 1.82) is 0 Å². The van der Waals surface area contributed by atoms with Gasteiger partial charge in [-0.3, -0.25) is 9.59 Å². The number of hydrogen-bond acceptors (Lipinski definition) is 8. The number of hydrogen-bond donors (Lipinski definition) is 0. The first-order valence-corrected chi connectivity index (χ1v) is 37.7. The Morgan fingerprint density at radius 2 is 0.536 bits per heavy atom. The Balaban J connectivity index is 3.98. The summed E-state index contributed by atoms with van der Waals surface area (Å²) in [5, 5.41) is 11.8. The fourth-order valence-corrected chi connectivity index (χ4v) is 11.8. The number of carbonyl (C=O) groups is 3. The largest absolute Gasteiger partial charge is 0.545 e. The minimum Gasteiger partial charge on any atom is -0.545 e. The topological polar surface area (TPSA) is 111 Å². The van der Waals surface area contributed by atoms with Gasteiger partial charge in [0.1, 0.15) is 13.2 Å². The van der Waals surface area contributed by atoms with Gasteiger partial charge in [0.15, 0.2) is 12.4 Å². The molecule has 0 saturated heterocycles. The predicted octanol–water partition coefficient (Wildman–Crippen LogP) is 22.1. The van der Waals surface area contributed by atoms with E-state index in [2.05, 4.69) is 13.8 Å². The molecule has 0 aromatic rings. The smallest absolute Gasteiger partial charge is 0.306 e. The fraction of sp³-hybridized carbons (Fsp3) is 0.960. The zero-order chi connectivity index (χ0) is 61.2. The van der Waals surface area contributed by atoms with E-state index in [1.165, 1.54) is 340 Å². The Hall–Kier alpha value is -1.71. The minimum absolute atomic E-state index is 0.154. The molecule has 500 valence electrons. The second kappa shape index (κ2) is 67.2. The molecule has 0 aromatic heterocycles. The lowest BCUT2D eigenvalue weighted by Crippen LogP contribution is -2.44. The molecule has 0 aliphatic heterocycles. The Morgan fingerprint density at radius 3 is 0.762 bits per heavy atom. The molecule has 0 saturated carbocycles. The highest BCUT2D eigenvalue weighted by molar-refractivity contribution is 5.70. The number of rotatable bonds is 72. The Morgan fingerprint density at radius 1 is 0.310 bits per heavy atom. The van der Waals surface area contributed by atoms with Crippen molar-refractivity contribution in [2.24, 2.45) is 0 Å². The molecule has 0 spiro atoms. The summed E-state index contributed by atoms with van der Waals surface area (Å²) in [7, 11) is 5.95. The predicted molar refractivity (Wildman–Crippen MR) is 357 cm³/mol. The van der Waals surface area contributed by atoms with Crippen molar-refractivity contribution < 1.29 is 42.9 Å². The number of carboxylic acid groups (broad SMARTS) is 1. The van der Waals surface area contributed by atoms with Crippen LogP contribution in [0.3, 0.4) is 0 Å². The van der Waals surface area contributed by atoms with E-state index in [0.29, 0.717) is 17.4 Å². The van der Waals surface area contributed by atoms with Gasteiger partial charge in [-0.15, -0.1) is 0 Å². The number of aliphatic carboxylic acids is 1. The lowest BCUT2D eigenvalue weighted by molar-refractivity contribution is -0.870. The third kappa shape index (κ3) is 67.8. The van der Waals surface area contributed by atoms with E-state index >= 15 is 0 Å². The normalized spacial score (nSPS) is 12.5. The summed E-state index contributed by atoms with van der Waals surface area (Å²) in [6.07, 6.45) is 77.9. The SMILES string of the molecule is CCCCCCCCCCCCCCCCCCCCCCCCCCCCCCCCCCCCC(=O)OC(COC(=O)CCCCCCCCCCCCCCCCCCCCCCCCCCC)COC(OCC[N+](C)(C)C)C(=O)[O-]. The van der Waals surface area contributed by atoms with Crippen LogP contribution in [0, 0.1) is 0 Å². The van der Waals surface area contributed by atoms with Crippen LogP contribution >= 0.6 is 0 Å². The third-order valence-corrected chi connectivity index (χ3v) is 17.6. The molecule has 0 heterocycles. The average molecular weight is 1190 g/mol. The Kier molecular flexibility index (Phi) is 65.9. The maximum atomic E-state index is 12.9. The van der Waals surface area contributed by atoms with Crippen LogP contribution in [-0.4, -0.2) is 82.3 Å². The zero-order valence-electron chi connectivity index (χ0n) is 57.3. The van der Waals surface area contributed by atoms with E-state index in [-0.39, 0.29) is 32.2 Å². The lowest BCUT2D eigenvalue weighted by atomic mass is 10.0. The van der Waals surface area contributed by atoms with Crippen LogP contribution < -0.4 is 5.11 Å². The fourth-order valence-electron chi connectivity index (χ4n) is 11.8. The van der Waals surface area contributed by atoms with Crippen molar-refractivity contribution >= 4 is 17.9 Å². The van der Waals surface area contributed by atoms with E-state index < -0.39 is 24.3 Å². The van der Waals surface area contributed by atoms with Crippen molar-refractivity contribution in [3.63, 3.8) is 0 Å². The highest BCUT2D eigenvalue weighted by Gasteiger charge is 2.22. The molecule has 0 bridgehead atoms. The number of nitrogens with zero attached hydrogens (tertiary/aromatic N) is 1. The summed E-state index contributed by atoms with van der Waals surface area (Å²) in [5.41, 5.74) is 0. The van der Waals surface area contributed by atoms with Gasteiger partial charge in [0, 0.05) is 12.8 Å². The molecule has 2 atom stereocenters. The first-order chi connectivity index (χ1) is 41.1. The van der Waals surface area contributed by atoms with E-state index in [0.717, 1.165) is 38.5 Å².